The van der Waals surface area contributed by atoms with E-state index in [9.17, 15) is 14.4 Å². The summed E-state index contributed by atoms with van der Waals surface area (Å²) in [6.07, 6.45) is 0.612. The average molecular weight is 438 g/mol. The Bertz CT molecular complexity index is 773. The molecule has 0 bridgehead atoms. The molecule has 1 aromatic carbocycles. The van der Waals surface area contributed by atoms with Crippen molar-refractivity contribution in [2.45, 2.75) is 25.8 Å². The highest BCUT2D eigenvalue weighted by molar-refractivity contribution is 7.80. The number of thiocarbonyl (C=S) groups is 1. The first-order chi connectivity index (χ1) is 14.5. The Kier molecular flexibility index (Phi) is 9.49. The van der Waals surface area contributed by atoms with Crippen molar-refractivity contribution in [3.8, 4) is 5.75 Å². The van der Waals surface area contributed by atoms with Gasteiger partial charge in [-0.2, -0.15) is 0 Å². The summed E-state index contributed by atoms with van der Waals surface area (Å²) in [6.45, 7) is 3.52. The first kappa shape index (κ1) is 23.6. The van der Waals surface area contributed by atoms with Gasteiger partial charge < -0.3 is 24.4 Å². The standard InChI is InChI=1S/C20H27N3O6S/c1-3-10-28-16-7-5-4-6-14(16)18(25)22-20(30)23-9-8-21-19(26)15(23)13-17(24)29-12-11-27-2/h4-7,15H,3,8-13H2,1-2H3,(H,21,26)(H,22,25,30). The summed E-state index contributed by atoms with van der Waals surface area (Å²) in [5.74, 6) is -0.895. The molecule has 0 saturated carbocycles. The lowest BCUT2D eigenvalue weighted by Gasteiger charge is -2.36. The van der Waals surface area contributed by atoms with Crippen LogP contribution in [0, 0.1) is 0 Å². The maximum absolute atomic E-state index is 12.8. The van der Waals surface area contributed by atoms with E-state index in [0.29, 0.717) is 31.0 Å². The minimum absolute atomic E-state index is 0.0647. The van der Waals surface area contributed by atoms with Crippen LogP contribution in [0.4, 0.5) is 0 Å². The molecule has 1 aliphatic rings. The molecule has 1 unspecified atom stereocenters. The van der Waals surface area contributed by atoms with Crippen molar-refractivity contribution in [1.82, 2.24) is 15.5 Å². The number of hydrogen-bond acceptors (Lipinski definition) is 7. The SMILES string of the molecule is CCCOc1ccccc1C(=O)NC(=S)N1CCNC(=O)C1CC(=O)OCCOC. The highest BCUT2D eigenvalue weighted by atomic mass is 32.1. The van der Waals surface area contributed by atoms with Crippen molar-refractivity contribution in [2.24, 2.45) is 0 Å². The number of esters is 1. The fourth-order valence-electron chi connectivity index (χ4n) is 2.84. The Balaban J connectivity index is 2.05. The van der Waals surface area contributed by atoms with Crippen LogP contribution >= 0.6 is 12.2 Å². The number of piperazine rings is 1. The predicted molar refractivity (Wildman–Crippen MR) is 113 cm³/mol. The van der Waals surface area contributed by atoms with E-state index in [2.05, 4.69) is 10.6 Å². The van der Waals surface area contributed by atoms with Gasteiger partial charge in [-0.3, -0.25) is 19.7 Å². The molecule has 2 rings (SSSR count). The van der Waals surface area contributed by atoms with Crippen molar-refractivity contribution < 1.29 is 28.6 Å². The van der Waals surface area contributed by atoms with Gasteiger partial charge in [0.1, 0.15) is 18.4 Å². The van der Waals surface area contributed by atoms with E-state index in [1.54, 1.807) is 24.3 Å². The number of nitrogens with zero attached hydrogens (tertiary/aromatic N) is 1. The second-order valence-electron chi connectivity index (χ2n) is 6.52. The fraction of sp³-hybridized carbons (Fsp3) is 0.500. The molecule has 1 aliphatic heterocycles. The first-order valence-electron chi connectivity index (χ1n) is 9.74. The molecule has 1 aromatic rings. The Morgan fingerprint density at radius 2 is 2.03 bits per heavy atom. The molecule has 9 nitrogen and oxygen atoms in total. The van der Waals surface area contributed by atoms with Crippen LogP contribution in [-0.2, 0) is 19.1 Å². The topological polar surface area (TPSA) is 106 Å². The molecule has 1 saturated heterocycles. The molecular weight excluding hydrogens is 410 g/mol. The predicted octanol–water partition coefficient (Wildman–Crippen LogP) is 0.870. The lowest BCUT2D eigenvalue weighted by Crippen LogP contribution is -2.60. The normalized spacial score (nSPS) is 15.9. The number of amides is 2. The molecule has 164 valence electrons. The number of para-hydroxylation sites is 1. The zero-order valence-electron chi connectivity index (χ0n) is 17.1. The number of carbonyl (C=O) groups excluding carboxylic acids is 3. The average Bonchev–Trinajstić information content (AvgIpc) is 2.74. The zero-order chi connectivity index (χ0) is 21.9. The molecule has 0 radical (unpaired) electrons. The van der Waals surface area contributed by atoms with Crippen LogP contribution in [0.25, 0.3) is 0 Å². The molecule has 2 amide bonds. The lowest BCUT2D eigenvalue weighted by atomic mass is 10.1. The summed E-state index contributed by atoms with van der Waals surface area (Å²) in [7, 11) is 1.50. The van der Waals surface area contributed by atoms with E-state index in [0.717, 1.165) is 6.42 Å². The summed E-state index contributed by atoms with van der Waals surface area (Å²) in [5, 5.41) is 5.41. The number of benzene rings is 1. The Morgan fingerprint density at radius 1 is 1.27 bits per heavy atom. The van der Waals surface area contributed by atoms with Gasteiger partial charge in [-0.05, 0) is 30.8 Å². The maximum Gasteiger partial charge on any atom is 0.308 e. The third kappa shape index (κ3) is 6.67. The third-order valence-corrected chi connectivity index (χ3v) is 4.65. The number of nitrogens with one attached hydrogen (secondary N) is 2. The molecule has 1 fully saturated rings. The second kappa shape index (κ2) is 12.1. The zero-order valence-corrected chi connectivity index (χ0v) is 18.0. The van der Waals surface area contributed by atoms with Crippen molar-refractivity contribution in [3.63, 3.8) is 0 Å². The third-order valence-electron chi connectivity index (χ3n) is 4.32. The van der Waals surface area contributed by atoms with Crippen LogP contribution in [0.2, 0.25) is 0 Å². The van der Waals surface area contributed by atoms with Crippen molar-refractivity contribution in [3.05, 3.63) is 29.8 Å². The molecular formula is C20H27N3O6S. The summed E-state index contributed by atoms with van der Waals surface area (Å²) in [4.78, 5) is 38.7. The number of rotatable bonds is 9. The smallest absolute Gasteiger partial charge is 0.308 e. The monoisotopic (exact) mass is 437 g/mol. The van der Waals surface area contributed by atoms with Gasteiger partial charge in [-0.15, -0.1) is 0 Å². The van der Waals surface area contributed by atoms with Gasteiger partial charge in [0, 0.05) is 20.2 Å². The minimum atomic E-state index is -0.867. The minimum Gasteiger partial charge on any atom is -0.493 e. The molecule has 0 aliphatic carbocycles. The largest absolute Gasteiger partial charge is 0.493 e. The summed E-state index contributed by atoms with van der Waals surface area (Å²) >= 11 is 5.37. The maximum atomic E-state index is 12.8. The van der Waals surface area contributed by atoms with Gasteiger partial charge in [0.05, 0.1) is 25.2 Å². The summed E-state index contributed by atoms with van der Waals surface area (Å²) in [6, 6.07) is 5.98. The number of methoxy groups -OCH3 is 1. The first-order valence-corrected chi connectivity index (χ1v) is 10.1. The number of carbonyl (C=O) groups is 3. The Morgan fingerprint density at radius 3 is 2.77 bits per heavy atom. The van der Waals surface area contributed by atoms with Crippen molar-refractivity contribution >= 4 is 35.1 Å². The quantitative estimate of drug-likeness (QED) is 0.333. The number of hydrogen-bond donors (Lipinski definition) is 2. The van der Waals surface area contributed by atoms with Gasteiger partial charge in [-0.1, -0.05) is 19.1 Å². The molecule has 2 N–H and O–H groups in total. The van der Waals surface area contributed by atoms with Gasteiger partial charge in [0.15, 0.2) is 5.11 Å². The van der Waals surface area contributed by atoms with Gasteiger partial charge >= 0.3 is 5.97 Å². The van der Waals surface area contributed by atoms with Crippen LogP contribution in [0.3, 0.4) is 0 Å². The van der Waals surface area contributed by atoms with E-state index in [1.165, 1.54) is 12.0 Å². The van der Waals surface area contributed by atoms with E-state index in [-0.39, 0.29) is 30.7 Å². The van der Waals surface area contributed by atoms with Crippen LogP contribution in [0.1, 0.15) is 30.1 Å². The van der Waals surface area contributed by atoms with E-state index >= 15 is 0 Å². The van der Waals surface area contributed by atoms with E-state index < -0.39 is 17.9 Å². The highest BCUT2D eigenvalue weighted by Crippen LogP contribution is 2.18. The van der Waals surface area contributed by atoms with Crippen LogP contribution < -0.4 is 15.4 Å². The number of ether oxygens (including phenoxy) is 3. The highest BCUT2D eigenvalue weighted by Gasteiger charge is 2.34. The summed E-state index contributed by atoms with van der Waals surface area (Å²) in [5.41, 5.74) is 0.338. The van der Waals surface area contributed by atoms with Crippen molar-refractivity contribution in [1.29, 1.82) is 0 Å². The Labute approximate surface area is 181 Å². The second-order valence-corrected chi connectivity index (χ2v) is 6.91. The van der Waals surface area contributed by atoms with Crippen LogP contribution in [0.15, 0.2) is 24.3 Å². The van der Waals surface area contributed by atoms with Crippen molar-refractivity contribution in [2.75, 3.05) is 40.0 Å². The van der Waals surface area contributed by atoms with Gasteiger partial charge in [-0.25, -0.2) is 0 Å². The van der Waals surface area contributed by atoms with Gasteiger partial charge in [0.25, 0.3) is 5.91 Å². The molecule has 1 atom stereocenters. The Hall–Kier alpha value is -2.72. The van der Waals surface area contributed by atoms with Gasteiger partial charge in [0.2, 0.25) is 5.91 Å². The molecule has 0 spiro atoms. The lowest BCUT2D eigenvalue weighted by molar-refractivity contribution is -0.148. The van der Waals surface area contributed by atoms with Crippen LogP contribution in [-0.4, -0.2) is 73.9 Å². The fourth-order valence-corrected chi connectivity index (χ4v) is 3.16. The van der Waals surface area contributed by atoms with Crippen LogP contribution in [0.5, 0.6) is 5.75 Å². The summed E-state index contributed by atoms with van der Waals surface area (Å²) < 4.78 is 15.5. The molecule has 0 aromatic heterocycles. The molecule has 30 heavy (non-hydrogen) atoms. The van der Waals surface area contributed by atoms with E-state index in [1.807, 2.05) is 6.92 Å². The van der Waals surface area contributed by atoms with E-state index in [4.69, 9.17) is 26.4 Å². The molecule has 1 heterocycles. The molecule has 10 heteroatoms.